The Balaban J connectivity index is 1.55. The van der Waals surface area contributed by atoms with Gasteiger partial charge in [-0.05, 0) is 37.1 Å². The van der Waals surface area contributed by atoms with Gasteiger partial charge in [-0.3, -0.25) is 4.79 Å². The van der Waals surface area contributed by atoms with E-state index in [0.717, 1.165) is 40.6 Å². The summed E-state index contributed by atoms with van der Waals surface area (Å²) in [5.74, 6) is 0.584. The summed E-state index contributed by atoms with van der Waals surface area (Å²) >= 11 is 1.27. The van der Waals surface area contributed by atoms with E-state index in [1.807, 2.05) is 37.3 Å². The van der Waals surface area contributed by atoms with Crippen LogP contribution in [0.25, 0.3) is 22.1 Å². The number of anilines is 1. The molecule has 8 heteroatoms. The van der Waals surface area contributed by atoms with Crippen LogP contribution in [0.15, 0.2) is 47.8 Å². The van der Waals surface area contributed by atoms with Crippen LogP contribution in [-0.2, 0) is 11.3 Å². The number of amides is 1. The number of nitrogens with zero attached hydrogens (tertiary/aromatic N) is 5. The first-order valence-corrected chi connectivity index (χ1v) is 10.1. The second-order valence-corrected chi connectivity index (χ2v) is 7.43. The monoisotopic (exact) mass is 392 g/mol. The maximum absolute atomic E-state index is 12.2. The van der Waals surface area contributed by atoms with Gasteiger partial charge in [0.05, 0.1) is 11.3 Å². The Kier molecular flexibility index (Phi) is 5.21. The van der Waals surface area contributed by atoms with Crippen molar-refractivity contribution in [1.29, 1.82) is 0 Å². The van der Waals surface area contributed by atoms with Crippen molar-refractivity contribution in [3.05, 3.63) is 48.2 Å². The number of nitrogens with one attached hydrogen (secondary N) is 1. The first-order valence-electron chi connectivity index (χ1n) is 9.12. The van der Waals surface area contributed by atoms with Crippen molar-refractivity contribution in [3.8, 4) is 0 Å². The van der Waals surface area contributed by atoms with Gasteiger partial charge in [0.15, 0.2) is 5.65 Å². The van der Waals surface area contributed by atoms with E-state index < -0.39 is 0 Å². The van der Waals surface area contributed by atoms with Crippen molar-refractivity contribution < 1.29 is 4.79 Å². The van der Waals surface area contributed by atoms with Gasteiger partial charge in [-0.25, -0.2) is 9.97 Å². The highest BCUT2D eigenvalue weighted by atomic mass is 32.2. The number of fused-ring (bicyclic) bond motifs is 3. The quantitative estimate of drug-likeness (QED) is 0.502. The van der Waals surface area contributed by atoms with Gasteiger partial charge in [0.25, 0.3) is 0 Å². The molecule has 0 spiro atoms. The van der Waals surface area contributed by atoms with Crippen molar-refractivity contribution in [1.82, 2.24) is 24.7 Å². The summed E-state index contributed by atoms with van der Waals surface area (Å²) in [7, 11) is 0. The lowest BCUT2D eigenvalue weighted by molar-refractivity contribution is -0.113. The van der Waals surface area contributed by atoms with Gasteiger partial charge >= 0.3 is 0 Å². The number of carbonyl (C=O) groups excluding carboxylic acids is 1. The molecule has 1 aromatic carbocycles. The molecule has 3 aromatic heterocycles. The molecule has 4 aromatic rings. The van der Waals surface area contributed by atoms with Crippen LogP contribution in [0.4, 0.5) is 5.82 Å². The van der Waals surface area contributed by atoms with Crippen molar-refractivity contribution in [2.75, 3.05) is 11.1 Å². The topological polar surface area (TPSA) is 85.6 Å². The molecule has 0 saturated heterocycles. The Bertz CT molecular complexity index is 1160. The molecule has 0 unspecified atom stereocenters. The SMILES string of the molecule is CCCn1c2ccccc2c2nnc(SCC(=O)Nc3cc(C)ccn3)nc21. The van der Waals surface area contributed by atoms with Gasteiger partial charge < -0.3 is 9.88 Å². The van der Waals surface area contributed by atoms with E-state index in [-0.39, 0.29) is 11.7 Å². The maximum Gasteiger partial charge on any atom is 0.236 e. The highest BCUT2D eigenvalue weighted by Crippen LogP contribution is 2.27. The molecule has 0 aliphatic carbocycles. The fourth-order valence-electron chi connectivity index (χ4n) is 3.11. The average Bonchev–Trinajstić information content (AvgIpc) is 3.00. The number of hydrogen-bond acceptors (Lipinski definition) is 6. The van der Waals surface area contributed by atoms with Crippen LogP contribution in [-0.4, -0.2) is 36.4 Å². The van der Waals surface area contributed by atoms with Crippen LogP contribution in [0.3, 0.4) is 0 Å². The number of thioether (sulfide) groups is 1. The second-order valence-electron chi connectivity index (χ2n) is 6.49. The van der Waals surface area contributed by atoms with Gasteiger partial charge in [0, 0.05) is 18.1 Å². The molecule has 0 aliphatic rings. The van der Waals surface area contributed by atoms with E-state index >= 15 is 0 Å². The lowest BCUT2D eigenvalue weighted by Crippen LogP contribution is -2.15. The largest absolute Gasteiger partial charge is 0.324 e. The van der Waals surface area contributed by atoms with E-state index in [1.54, 1.807) is 6.20 Å². The predicted octanol–water partition coefficient (Wildman–Crippen LogP) is 3.82. The fourth-order valence-corrected chi connectivity index (χ4v) is 3.70. The Hall–Kier alpha value is -3.00. The molecule has 0 bridgehead atoms. The minimum absolute atomic E-state index is 0.152. The number of hydrogen-bond donors (Lipinski definition) is 1. The lowest BCUT2D eigenvalue weighted by Gasteiger charge is -2.05. The average molecular weight is 392 g/mol. The first kappa shape index (κ1) is 18.4. The third kappa shape index (κ3) is 3.68. The van der Waals surface area contributed by atoms with Gasteiger partial charge in [0.1, 0.15) is 11.3 Å². The first-order chi connectivity index (χ1) is 13.7. The Morgan fingerprint density at radius 2 is 2.07 bits per heavy atom. The Labute approximate surface area is 166 Å². The summed E-state index contributed by atoms with van der Waals surface area (Å²) in [4.78, 5) is 21.0. The zero-order valence-electron chi connectivity index (χ0n) is 15.7. The molecule has 0 atom stereocenters. The van der Waals surface area contributed by atoms with Crippen LogP contribution in [0.5, 0.6) is 0 Å². The third-order valence-corrected chi connectivity index (χ3v) is 5.15. The normalized spacial score (nSPS) is 11.2. The van der Waals surface area contributed by atoms with Crippen LogP contribution < -0.4 is 5.32 Å². The summed E-state index contributed by atoms with van der Waals surface area (Å²) in [6.07, 6.45) is 2.66. The zero-order valence-corrected chi connectivity index (χ0v) is 16.5. The molecule has 0 radical (unpaired) electrons. The molecule has 0 saturated carbocycles. The minimum atomic E-state index is -0.152. The number of rotatable bonds is 6. The summed E-state index contributed by atoms with van der Waals surface area (Å²) in [5.41, 5.74) is 3.74. The molecular formula is C20H20N6OS. The van der Waals surface area contributed by atoms with E-state index in [1.165, 1.54) is 11.8 Å². The molecule has 0 fully saturated rings. The van der Waals surface area contributed by atoms with Crippen LogP contribution in [0.2, 0.25) is 0 Å². The number of benzene rings is 1. The van der Waals surface area contributed by atoms with Crippen LogP contribution >= 0.6 is 11.8 Å². The van der Waals surface area contributed by atoms with E-state index in [4.69, 9.17) is 0 Å². The highest BCUT2D eigenvalue weighted by Gasteiger charge is 2.15. The van der Waals surface area contributed by atoms with Crippen molar-refractivity contribution in [2.24, 2.45) is 0 Å². The summed E-state index contributed by atoms with van der Waals surface area (Å²) in [5, 5.41) is 12.9. The summed E-state index contributed by atoms with van der Waals surface area (Å²) in [6, 6.07) is 11.8. The van der Waals surface area contributed by atoms with Crippen molar-refractivity contribution in [3.63, 3.8) is 0 Å². The molecule has 0 aliphatic heterocycles. The molecule has 28 heavy (non-hydrogen) atoms. The molecular weight excluding hydrogens is 372 g/mol. The zero-order chi connectivity index (χ0) is 19.5. The van der Waals surface area contributed by atoms with Gasteiger partial charge in [-0.1, -0.05) is 36.9 Å². The smallest absolute Gasteiger partial charge is 0.236 e. The predicted molar refractivity (Wildman–Crippen MR) is 111 cm³/mol. The summed E-state index contributed by atoms with van der Waals surface area (Å²) < 4.78 is 2.17. The third-order valence-electron chi connectivity index (χ3n) is 4.32. The Morgan fingerprint density at radius 1 is 1.21 bits per heavy atom. The van der Waals surface area contributed by atoms with Crippen LogP contribution in [0, 0.1) is 6.92 Å². The van der Waals surface area contributed by atoms with Crippen LogP contribution in [0.1, 0.15) is 18.9 Å². The van der Waals surface area contributed by atoms with Gasteiger partial charge in [0.2, 0.25) is 11.1 Å². The van der Waals surface area contributed by atoms with Gasteiger partial charge in [-0.2, -0.15) is 0 Å². The number of para-hydroxylation sites is 1. The molecule has 142 valence electrons. The number of pyridine rings is 1. The minimum Gasteiger partial charge on any atom is -0.324 e. The number of aromatic nitrogens is 5. The van der Waals surface area contributed by atoms with E-state index in [2.05, 4.69) is 43.0 Å². The number of carbonyl (C=O) groups is 1. The standard InChI is InChI=1S/C20H20N6OS/c1-3-10-26-15-7-5-4-6-14(15)18-19(26)23-20(25-24-18)28-12-17(27)22-16-11-13(2)8-9-21-16/h4-9,11H,3,10,12H2,1-2H3,(H,21,22,27). The number of aryl methyl sites for hydroxylation is 2. The highest BCUT2D eigenvalue weighted by molar-refractivity contribution is 7.99. The molecule has 1 amide bonds. The summed E-state index contributed by atoms with van der Waals surface area (Å²) in [6.45, 7) is 4.94. The molecule has 3 heterocycles. The molecule has 4 rings (SSSR count). The second kappa shape index (κ2) is 7.93. The fraction of sp³-hybridized carbons (Fsp3) is 0.250. The lowest BCUT2D eigenvalue weighted by atomic mass is 10.2. The Morgan fingerprint density at radius 3 is 2.89 bits per heavy atom. The van der Waals surface area contributed by atoms with E-state index in [9.17, 15) is 4.79 Å². The molecule has 7 nitrogen and oxygen atoms in total. The van der Waals surface area contributed by atoms with E-state index in [0.29, 0.717) is 11.0 Å². The van der Waals surface area contributed by atoms with Gasteiger partial charge in [-0.15, -0.1) is 10.2 Å². The maximum atomic E-state index is 12.2. The van der Waals surface area contributed by atoms with Crippen molar-refractivity contribution in [2.45, 2.75) is 32.0 Å². The molecule has 1 N–H and O–H groups in total. The van der Waals surface area contributed by atoms with Crippen molar-refractivity contribution >= 4 is 45.6 Å².